The lowest BCUT2D eigenvalue weighted by Gasteiger charge is -2.51. The molecule has 20 heavy (non-hydrogen) atoms. The fourth-order valence-corrected chi connectivity index (χ4v) is 4.10. The van der Waals surface area contributed by atoms with E-state index in [1.54, 1.807) is 0 Å². The number of hydrogen-bond acceptors (Lipinski definition) is 1. The zero-order valence-electron chi connectivity index (χ0n) is 15.0. The molecule has 1 aliphatic carbocycles. The van der Waals surface area contributed by atoms with Crippen molar-refractivity contribution in [1.29, 1.82) is 0 Å². The van der Waals surface area contributed by atoms with E-state index in [0.717, 1.165) is 18.8 Å². The average molecular weight is 283 g/mol. The maximum atomic E-state index is 11.0. The lowest BCUT2D eigenvalue weighted by molar-refractivity contribution is -0.0942. The molecule has 0 spiro atoms. The van der Waals surface area contributed by atoms with Gasteiger partial charge in [-0.3, -0.25) is 0 Å². The summed E-state index contributed by atoms with van der Waals surface area (Å²) in [6.45, 7) is 16.3. The number of rotatable bonds is 6. The van der Waals surface area contributed by atoms with Gasteiger partial charge in [0.05, 0.1) is 6.10 Å². The van der Waals surface area contributed by atoms with Crippen molar-refractivity contribution in [3.63, 3.8) is 0 Å². The van der Waals surface area contributed by atoms with Gasteiger partial charge in [-0.1, -0.05) is 74.1 Å². The molecule has 0 amide bonds. The highest BCUT2D eigenvalue weighted by molar-refractivity contribution is 4.96. The van der Waals surface area contributed by atoms with Gasteiger partial charge in [-0.05, 0) is 41.4 Å². The van der Waals surface area contributed by atoms with Gasteiger partial charge in [0.15, 0.2) is 0 Å². The first-order chi connectivity index (χ1) is 9.19. The Bertz CT molecular complexity index is 266. The Morgan fingerprint density at radius 3 is 1.55 bits per heavy atom. The van der Waals surface area contributed by atoms with Gasteiger partial charge in [-0.2, -0.15) is 0 Å². The van der Waals surface area contributed by atoms with E-state index in [2.05, 4.69) is 48.5 Å². The summed E-state index contributed by atoms with van der Waals surface area (Å²) < 4.78 is 0. The van der Waals surface area contributed by atoms with E-state index in [1.807, 2.05) is 0 Å². The van der Waals surface area contributed by atoms with Crippen molar-refractivity contribution in [2.45, 2.75) is 93.1 Å². The highest BCUT2D eigenvalue weighted by Gasteiger charge is 2.47. The summed E-state index contributed by atoms with van der Waals surface area (Å²) in [5, 5.41) is 11.0. The molecule has 1 saturated carbocycles. The van der Waals surface area contributed by atoms with Crippen LogP contribution in [0.4, 0.5) is 0 Å². The van der Waals surface area contributed by atoms with Gasteiger partial charge in [0, 0.05) is 0 Å². The van der Waals surface area contributed by atoms with Crippen molar-refractivity contribution in [3.8, 4) is 0 Å². The van der Waals surface area contributed by atoms with E-state index in [-0.39, 0.29) is 16.9 Å². The van der Waals surface area contributed by atoms with Crippen LogP contribution in [-0.2, 0) is 0 Å². The summed E-state index contributed by atoms with van der Waals surface area (Å²) in [5.74, 6) is 1.75. The van der Waals surface area contributed by atoms with Crippen LogP contribution < -0.4 is 0 Å². The molecule has 0 heterocycles. The standard InChI is InChI=1S/C19H38O/c1-8-11-14-12-15(18(4,5)9-2)17(20)16(13-14)19(6,7)10-3/h14-17,20H,8-13H2,1-7H3. The molecule has 1 nitrogen and oxygen atoms in total. The highest BCUT2D eigenvalue weighted by atomic mass is 16.3. The summed E-state index contributed by atoms with van der Waals surface area (Å²) >= 11 is 0. The number of aliphatic hydroxyl groups is 1. The van der Waals surface area contributed by atoms with Gasteiger partial charge in [-0.25, -0.2) is 0 Å². The summed E-state index contributed by atoms with van der Waals surface area (Å²) in [5.41, 5.74) is 0.516. The van der Waals surface area contributed by atoms with Crippen molar-refractivity contribution >= 4 is 0 Å². The van der Waals surface area contributed by atoms with E-state index in [9.17, 15) is 5.11 Å². The summed E-state index contributed by atoms with van der Waals surface area (Å²) in [7, 11) is 0. The maximum Gasteiger partial charge on any atom is 0.0606 e. The zero-order chi connectivity index (χ0) is 15.6. The number of hydrogen-bond donors (Lipinski definition) is 1. The van der Waals surface area contributed by atoms with E-state index < -0.39 is 0 Å². The zero-order valence-corrected chi connectivity index (χ0v) is 15.0. The summed E-state index contributed by atoms with van der Waals surface area (Å²) in [6, 6.07) is 0. The predicted molar refractivity (Wildman–Crippen MR) is 88.8 cm³/mol. The third-order valence-electron chi connectivity index (χ3n) is 6.53. The Labute approximate surface area is 127 Å². The molecular weight excluding hydrogens is 244 g/mol. The first kappa shape index (κ1) is 18.0. The molecule has 2 unspecified atom stereocenters. The third kappa shape index (κ3) is 3.78. The van der Waals surface area contributed by atoms with Crippen LogP contribution in [0.1, 0.15) is 87.0 Å². The minimum atomic E-state index is -0.118. The molecule has 1 heteroatoms. The molecule has 0 aromatic heterocycles. The van der Waals surface area contributed by atoms with Gasteiger partial charge < -0.3 is 5.11 Å². The van der Waals surface area contributed by atoms with E-state index in [1.165, 1.54) is 25.7 Å². The van der Waals surface area contributed by atoms with Crippen molar-refractivity contribution < 1.29 is 5.11 Å². The van der Waals surface area contributed by atoms with Crippen molar-refractivity contribution in [2.24, 2.45) is 28.6 Å². The Hall–Kier alpha value is -0.0400. The lowest BCUT2D eigenvalue weighted by atomic mass is 9.56. The monoisotopic (exact) mass is 282 g/mol. The average Bonchev–Trinajstić information content (AvgIpc) is 2.40. The van der Waals surface area contributed by atoms with E-state index in [4.69, 9.17) is 0 Å². The third-order valence-corrected chi connectivity index (χ3v) is 6.53. The Kier molecular flexibility index (Phi) is 6.14. The molecule has 0 saturated heterocycles. The van der Waals surface area contributed by atoms with Gasteiger partial charge in [0.25, 0.3) is 0 Å². The van der Waals surface area contributed by atoms with Crippen LogP contribution in [0.25, 0.3) is 0 Å². The summed E-state index contributed by atoms with van der Waals surface area (Å²) in [6.07, 6.45) is 7.27. The fraction of sp³-hybridized carbons (Fsp3) is 1.00. The molecule has 0 aromatic carbocycles. The van der Waals surface area contributed by atoms with Gasteiger partial charge in [0.1, 0.15) is 0 Å². The van der Waals surface area contributed by atoms with Crippen LogP contribution in [0.5, 0.6) is 0 Å². The molecule has 0 bridgehead atoms. The quantitative estimate of drug-likeness (QED) is 0.666. The largest absolute Gasteiger partial charge is 0.393 e. The summed E-state index contributed by atoms with van der Waals surface area (Å²) in [4.78, 5) is 0. The fourth-order valence-electron chi connectivity index (χ4n) is 4.10. The minimum Gasteiger partial charge on any atom is -0.393 e. The molecule has 1 fully saturated rings. The van der Waals surface area contributed by atoms with E-state index >= 15 is 0 Å². The number of aliphatic hydroxyl groups excluding tert-OH is 1. The smallest absolute Gasteiger partial charge is 0.0606 e. The maximum absolute atomic E-state index is 11.0. The predicted octanol–water partition coefficient (Wildman–Crippen LogP) is 5.66. The SMILES string of the molecule is CCCC1CC(C(C)(C)CC)C(O)C(C(C)(C)CC)C1. The first-order valence-electron chi connectivity index (χ1n) is 8.87. The normalized spacial score (nSPS) is 32.4. The van der Waals surface area contributed by atoms with Gasteiger partial charge in [0.2, 0.25) is 0 Å². The second kappa shape index (κ2) is 6.81. The Balaban J connectivity index is 3.01. The van der Waals surface area contributed by atoms with Crippen LogP contribution in [-0.4, -0.2) is 11.2 Å². The van der Waals surface area contributed by atoms with Crippen molar-refractivity contribution in [3.05, 3.63) is 0 Å². The second-order valence-electron chi connectivity index (χ2n) is 8.51. The van der Waals surface area contributed by atoms with Crippen LogP contribution in [0.15, 0.2) is 0 Å². The van der Waals surface area contributed by atoms with Crippen molar-refractivity contribution in [2.75, 3.05) is 0 Å². The molecular formula is C19H38O. The molecule has 120 valence electrons. The molecule has 0 aliphatic heterocycles. The minimum absolute atomic E-state index is 0.118. The Morgan fingerprint density at radius 1 is 0.850 bits per heavy atom. The first-order valence-corrected chi connectivity index (χ1v) is 8.87. The molecule has 1 N–H and O–H groups in total. The lowest BCUT2D eigenvalue weighted by Crippen LogP contribution is -2.48. The van der Waals surface area contributed by atoms with Crippen LogP contribution in [0.2, 0.25) is 0 Å². The van der Waals surface area contributed by atoms with Crippen molar-refractivity contribution in [1.82, 2.24) is 0 Å². The molecule has 0 radical (unpaired) electrons. The molecule has 1 rings (SSSR count). The van der Waals surface area contributed by atoms with Gasteiger partial charge in [-0.15, -0.1) is 0 Å². The molecule has 0 aromatic rings. The van der Waals surface area contributed by atoms with Crippen LogP contribution in [0.3, 0.4) is 0 Å². The van der Waals surface area contributed by atoms with Gasteiger partial charge >= 0.3 is 0 Å². The second-order valence-corrected chi connectivity index (χ2v) is 8.51. The highest BCUT2D eigenvalue weighted by Crippen LogP contribution is 2.51. The van der Waals surface area contributed by atoms with Crippen LogP contribution in [0, 0.1) is 28.6 Å². The molecule has 1 aliphatic rings. The Morgan fingerprint density at radius 2 is 1.25 bits per heavy atom. The van der Waals surface area contributed by atoms with Crippen LogP contribution >= 0.6 is 0 Å². The molecule has 2 atom stereocenters. The van der Waals surface area contributed by atoms with E-state index in [0.29, 0.717) is 11.8 Å². The topological polar surface area (TPSA) is 20.2 Å².